The van der Waals surface area contributed by atoms with E-state index in [0.29, 0.717) is 24.3 Å². The third kappa shape index (κ3) is 3.66. The molecule has 0 aliphatic heterocycles. The van der Waals surface area contributed by atoms with Crippen molar-refractivity contribution in [3.05, 3.63) is 52.3 Å². The average molecular weight is 375 g/mol. The first kappa shape index (κ1) is 18.2. The third-order valence-corrected chi connectivity index (χ3v) is 3.22. The van der Waals surface area contributed by atoms with Crippen molar-refractivity contribution < 1.29 is 40.6 Å². The van der Waals surface area contributed by atoms with Gasteiger partial charge in [-0.1, -0.05) is 11.6 Å². The standard InChI is InChI=1S/C14H6ClF7O2/c15-11-9(23)3-2-7(14(20,21)22)12(11)24-10-4-1-6(5-8(10)16)13(17,18)19/h1-5,23H. The molecule has 0 saturated heterocycles. The fraction of sp³-hybridized carbons (Fsp3) is 0.143. The predicted molar refractivity (Wildman–Crippen MR) is 69.6 cm³/mol. The van der Waals surface area contributed by atoms with E-state index in [-0.39, 0.29) is 6.07 Å². The van der Waals surface area contributed by atoms with Gasteiger partial charge < -0.3 is 9.84 Å². The first-order valence-corrected chi connectivity index (χ1v) is 6.42. The van der Waals surface area contributed by atoms with Gasteiger partial charge >= 0.3 is 12.4 Å². The number of halogens is 8. The third-order valence-electron chi connectivity index (χ3n) is 2.85. The fourth-order valence-electron chi connectivity index (χ4n) is 1.74. The Kier molecular flexibility index (Phi) is 4.58. The number of phenols is 1. The summed E-state index contributed by atoms with van der Waals surface area (Å²) in [5, 5.41) is 8.51. The summed E-state index contributed by atoms with van der Waals surface area (Å²) in [6.45, 7) is 0. The Balaban J connectivity index is 2.51. The zero-order valence-corrected chi connectivity index (χ0v) is 12.0. The minimum atomic E-state index is -4.95. The molecule has 0 atom stereocenters. The summed E-state index contributed by atoms with van der Waals surface area (Å²) in [6.07, 6.45) is -9.78. The maximum atomic E-state index is 13.7. The lowest BCUT2D eigenvalue weighted by atomic mass is 10.1. The highest BCUT2D eigenvalue weighted by atomic mass is 35.5. The van der Waals surface area contributed by atoms with Crippen molar-refractivity contribution >= 4 is 11.6 Å². The Morgan fingerprint density at radius 1 is 0.917 bits per heavy atom. The van der Waals surface area contributed by atoms with Gasteiger partial charge in [-0.05, 0) is 30.3 Å². The molecule has 0 heterocycles. The lowest BCUT2D eigenvalue weighted by molar-refractivity contribution is -0.138. The molecule has 0 aliphatic carbocycles. The van der Waals surface area contributed by atoms with E-state index in [1.807, 2.05) is 0 Å². The molecular formula is C14H6ClF7O2. The zero-order valence-electron chi connectivity index (χ0n) is 11.3. The van der Waals surface area contributed by atoms with Crippen LogP contribution in [0.5, 0.6) is 17.2 Å². The maximum Gasteiger partial charge on any atom is 0.420 e. The van der Waals surface area contributed by atoms with Crippen molar-refractivity contribution in [1.82, 2.24) is 0 Å². The largest absolute Gasteiger partial charge is 0.506 e. The molecule has 2 rings (SSSR count). The molecule has 0 radical (unpaired) electrons. The molecule has 2 aromatic rings. The van der Waals surface area contributed by atoms with E-state index in [2.05, 4.69) is 0 Å². The Morgan fingerprint density at radius 3 is 2.04 bits per heavy atom. The van der Waals surface area contributed by atoms with Crippen LogP contribution in [0, 0.1) is 5.82 Å². The summed E-state index contributed by atoms with van der Waals surface area (Å²) >= 11 is 5.53. The van der Waals surface area contributed by atoms with Crippen molar-refractivity contribution in [2.24, 2.45) is 0 Å². The van der Waals surface area contributed by atoms with Crippen LogP contribution in [0.15, 0.2) is 30.3 Å². The minimum absolute atomic E-state index is 0.0687. The molecule has 0 amide bonds. The van der Waals surface area contributed by atoms with Gasteiger partial charge in [-0.25, -0.2) is 4.39 Å². The Labute approximate surface area is 135 Å². The first-order chi connectivity index (χ1) is 10.9. The molecule has 2 nitrogen and oxygen atoms in total. The van der Waals surface area contributed by atoms with Crippen LogP contribution in [-0.4, -0.2) is 5.11 Å². The predicted octanol–water partition coefficient (Wildman–Crippen LogP) is 6.01. The molecule has 2 aromatic carbocycles. The molecule has 1 N–H and O–H groups in total. The average Bonchev–Trinajstić information content (AvgIpc) is 2.43. The van der Waals surface area contributed by atoms with Crippen molar-refractivity contribution in [3.8, 4) is 17.2 Å². The van der Waals surface area contributed by atoms with E-state index in [0.717, 1.165) is 0 Å². The van der Waals surface area contributed by atoms with Gasteiger partial charge in [0.15, 0.2) is 17.3 Å². The van der Waals surface area contributed by atoms with E-state index in [9.17, 15) is 35.8 Å². The van der Waals surface area contributed by atoms with Crippen molar-refractivity contribution in [1.29, 1.82) is 0 Å². The Hall–Kier alpha value is -2.16. The maximum absolute atomic E-state index is 13.7. The molecule has 0 fully saturated rings. The van der Waals surface area contributed by atoms with Gasteiger partial charge in [-0.2, -0.15) is 26.3 Å². The smallest absolute Gasteiger partial charge is 0.420 e. The fourth-order valence-corrected chi connectivity index (χ4v) is 1.94. The number of ether oxygens (including phenoxy) is 1. The Bertz CT molecular complexity index is 769. The van der Waals surface area contributed by atoms with Crippen LogP contribution in [-0.2, 0) is 12.4 Å². The van der Waals surface area contributed by atoms with Gasteiger partial charge in [0.05, 0.1) is 11.1 Å². The highest BCUT2D eigenvalue weighted by Crippen LogP contribution is 2.46. The van der Waals surface area contributed by atoms with Crippen LogP contribution >= 0.6 is 11.6 Å². The number of phenolic OH excluding ortho intramolecular Hbond substituents is 1. The second-order valence-corrected chi connectivity index (χ2v) is 4.90. The molecule has 24 heavy (non-hydrogen) atoms. The van der Waals surface area contributed by atoms with Crippen molar-refractivity contribution in [2.75, 3.05) is 0 Å². The highest BCUT2D eigenvalue weighted by molar-refractivity contribution is 6.33. The molecule has 130 valence electrons. The van der Waals surface area contributed by atoms with E-state index < -0.39 is 51.6 Å². The van der Waals surface area contributed by atoms with Gasteiger partial charge in [-0.15, -0.1) is 0 Å². The summed E-state index contributed by atoms with van der Waals surface area (Å²) in [7, 11) is 0. The molecule has 0 unspecified atom stereocenters. The van der Waals surface area contributed by atoms with Crippen LogP contribution < -0.4 is 4.74 Å². The number of hydrogen-bond donors (Lipinski definition) is 1. The first-order valence-electron chi connectivity index (χ1n) is 6.04. The van der Waals surface area contributed by atoms with Crippen LogP contribution in [0.1, 0.15) is 11.1 Å². The minimum Gasteiger partial charge on any atom is -0.506 e. The molecule has 0 saturated carbocycles. The zero-order chi connectivity index (χ0) is 18.3. The van der Waals surface area contributed by atoms with E-state index in [1.165, 1.54) is 0 Å². The van der Waals surface area contributed by atoms with Crippen LogP contribution in [0.4, 0.5) is 30.7 Å². The van der Waals surface area contributed by atoms with Gasteiger partial charge in [0.25, 0.3) is 0 Å². The summed E-state index contributed by atoms with van der Waals surface area (Å²) in [5.74, 6) is -4.35. The van der Waals surface area contributed by atoms with E-state index >= 15 is 0 Å². The van der Waals surface area contributed by atoms with E-state index in [1.54, 1.807) is 0 Å². The van der Waals surface area contributed by atoms with Gasteiger partial charge in [0.1, 0.15) is 10.8 Å². The summed E-state index contributed by atoms with van der Waals surface area (Å²) in [5.41, 5.74) is -2.77. The summed E-state index contributed by atoms with van der Waals surface area (Å²) in [4.78, 5) is 0. The quantitative estimate of drug-likeness (QED) is 0.652. The summed E-state index contributed by atoms with van der Waals surface area (Å²) < 4.78 is 94.5. The SMILES string of the molecule is Oc1ccc(C(F)(F)F)c(Oc2ccc(C(F)(F)F)cc2F)c1Cl. The number of rotatable bonds is 2. The van der Waals surface area contributed by atoms with Crippen molar-refractivity contribution in [2.45, 2.75) is 12.4 Å². The topological polar surface area (TPSA) is 29.5 Å². The monoisotopic (exact) mass is 374 g/mol. The molecule has 0 aromatic heterocycles. The second kappa shape index (κ2) is 6.04. The molecule has 0 aliphatic rings. The van der Waals surface area contributed by atoms with Gasteiger partial charge in [-0.3, -0.25) is 0 Å². The molecule has 0 spiro atoms. The van der Waals surface area contributed by atoms with Gasteiger partial charge in [0.2, 0.25) is 0 Å². The highest BCUT2D eigenvalue weighted by Gasteiger charge is 2.37. The van der Waals surface area contributed by atoms with Crippen molar-refractivity contribution in [3.63, 3.8) is 0 Å². The van der Waals surface area contributed by atoms with E-state index in [4.69, 9.17) is 16.3 Å². The Morgan fingerprint density at radius 2 is 1.54 bits per heavy atom. The lowest BCUT2D eigenvalue weighted by Gasteiger charge is -2.16. The second-order valence-electron chi connectivity index (χ2n) is 4.52. The molecule has 10 heteroatoms. The van der Waals surface area contributed by atoms with Crippen LogP contribution in [0.2, 0.25) is 5.02 Å². The number of aromatic hydroxyl groups is 1. The number of alkyl halides is 6. The van der Waals surface area contributed by atoms with Crippen LogP contribution in [0.25, 0.3) is 0 Å². The van der Waals surface area contributed by atoms with Crippen LogP contribution in [0.3, 0.4) is 0 Å². The summed E-state index contributed by atoms with van der Waals surface area (Å²) in [6, 6.07) is 2.11. The van der Waals surface area contributed by atoms with Gasteiger partial charge in [0, 0.05) is 0 Å². The molecular weight excluding hydrogens is 369 g/mol. The normalized spacial score (nSPS) is 12.3. The lowest BCUT2D eigenvalue weighted by Crippen LogP contribution is -2.08. The number of benzene rings is 2. The molecule has 0 bridgehead atoms. The number of hydrogen-bond acceptors (Lipinski definition) is 2.